The number of carboxylic acids is 1. The Hall–Kier alpha value is -3.08. The molecule has 7 atom stereocenters. The summed E-state index contributed by atoms with van der Waals surface area (Å²) >= 11 is 8.91. The van der Waals surface area contributed by atoms with E-state index in [0.29, 0.717) is 11.6 Å². The molecule has 6 unspecified atom stereocenters. The second-order valence-corrected chi connectivity index (χ2v) is 13.9. The minimum Gasteiger partial charge on any atom is -0.489 e. The third-order valence-electron chi connectivity index (χ3n) is 9.15. The summed E-state index contributed by atoms with van der Waals surface area (Å²) in [7, 11) is 0. The Labute approximate surface area is 249 Å². The summed E-state index contributed by atoms with van der Waals surface area (Å²) < 4.78 is 6.36. The molecule has 2 bridgehead atoms. The van der Waals surface area contributed by atoms with Gasteiger partial charge in [0.15, 0.2) is 0 Å². The highest BCUT2D eigenvalue weighted by Crippen LogP contribution is 2.69. The minimum absolute atomic E-state index is 0.0110. The number of amides is 2. The topological polar surface area (TPSA) is 117 Å². The molecule has 2 aliphatic carbocycles. The maximum Gasteiger partial charge on any atom is 0.305 e. The van der Waals surface area contributed by atoms with Crippen LogP contribution in [0.1, 0.15) is 41.2 Å². The zero-order chi connectivity index (χ0) is 28.4. The van der Waals surface area contributed by atoms with Gasteiger partial charge >= 0.3 is 10.8 Å². The smallest absolute Gasteiger partial charge is 0.305 e. The van der Waals surface area contributed by atoms with Gasteiger partial charge in [0, 0.05) is 39.6 Å². The van der Waals surface area contributed by atoms with E-state index in [0.717, 1.165) is 33.2 Å². The van der Waals surface area contributed by atoms with E-state index >= 15 is 0 Å². The van der Waals surface area contributed by atoms with Crippen LogP contribution in [0.25, 0.3) is 0 Å². The van der Waals surface area contributed by atoms with E-state index in [9.17, 15) is 19.2 Å². The van der Waals surface area contributed by atoms with Gasteiger partial charge in [-0.25, -0.2) is 0 Å². The van der Waals surface area contributed by atoms with E-state index in [2.05, 4.69) is 4.98 Å². The van der Waals surface area contributed by atoms with Crippen LogP contribution in [-0.4, -0.2) is 44.6 Å². The van der Waals surface area contributed by atoms with Crippen LogP contribution < -0.4 is 9.61 Å². The molecule has 4 aliphatic rings. The fraction of sp³-hybridized carbons (Fsp3) is 0.400. The van der Waals surface area contributed by atoms with Crippen LogP contribution in [0.2, 0.25) is 5.02 Å². The first kappa shape index (κ1) is 26.8. The molecule has 3 aromatic rings. The number of rotatable bonds is 8. The van der Waals surface area contributed by atoms with Gasteiger partial charge in [0.25, 0.3) is 0 Å². The van der Waals surface area contributed by atoms with Crippen LogP contribution in [0.15, 0.2) is 58.4 Å². The number of hydrogen-bond acceptors (Lipinski definition) is 7. The van der Waals surface area contributed by atoms with Crippen molar-refractivity contribution >= 4 is 52.5 Å². The summed E-state index contributed by atoms with van der Waals surface area (Å²) in [6, 6.07) is 15.4. The van der Waals surface area contributed by atoms with E-state index in [4.69, 9.17) is 21.4 Å². The number of aromatic nitrogens is 1. The van der Waals surface area contributed by atoms with Crippen LogP contribution in [-0.2, 0) is 21.0 Å². The van der Waals surface area contributed by atoms with E-state index in [1.54, 1.807) is 11.8 Å². The van der Waals surface area contributed by atoms with E-state index in [1.807, 2.05) is 48.5 Å². The highest BCUT2D eigenvalue weighted by atomic mass is 35.5. The number of para-hydroxylation sites is 1. The quantitative estimate of drug-likeness (QED) is 0.345. The fourth-order valence-corrected chi connectivity index (χ4v) is 10.7. The molecule has 0 spiro atoms. The van der Waals surface area contributed by atoms with Crippen LogP contribution in [0.3, 0.4) is 0 Å². The molecule has 41 heavy (non-hydrogen) atoms. The first-order chi connectivity index (χ1) is 19.8. The average Bonchev–Trinajstić information content (AvgIpc) is 3.68. The number of fused-ring (bicyclic) bond motifs is 9. The summed E-state index contributed by atoms with van der Waals surface area (Å²) in [5.41, 5.74) is 1.96. The van der Waals surface area contributed by atoms with Crippen molar-refractivity contribution in [2.45, 2.75) is 42.1 Å². The summed E-state index contributed by atoms with van der Waals surface area (Å²) in [5.74, 6) is -1.41. The lowest BCUT2D eigenvalue weighted by Gasteiger charge is -2.43. The third-order valence-corrected chi connectivity index (χ3v) is 12.0. The van der Waals surface area contributed by atoms with Gasteiger partial charge < -0.3 is 14.8 Å². The van der Waals surface area contributed by atoms with Crippen molar-refractivity contribution in [2.24, 2.45) is 29.6 Å². The number of hydrogen-bond donors (Lipinski definition) is 2. The van der Waals surface area contributed by atoms with Gasteiger partial charge in [-0.2, -0.15) is 0 Å². The summed E-state index contributed by atoms with van der Waals surface area (Å²) in [4.78, 5) is 56.0. The second-order valence-electron chi connectivity index (χ2n) is 11.2. The zero-order valence-electron chi connectivity index (χ0n) is 21.8. The van der Waals surface area contributed by atoms with Crippen LogP contribution in [0.5, 0.6) is 5.75 Å². The summed E-state index contributed by atoms with van der Waals surface area (Å²) in [6.45, 7) is 0.499. The van der Waals surface area contributed by atoms with Crippen molar-refractivity contribution in [2.75, 3.05) is 6.54 Å². The van der Waals surface area contributed by atoms with Crippen molar-refractivity contribution in [1.29, 1.82) is 0 Å². The number of carbonyl (C=O) groups excluding carboxylic acids is 2. The number of H-pyrrole nitrogens is 1. The fourth-order valence-electron chi connectivity index (χ4n) is 7.65. The second kappa shape index (κ2) is 10.3. The lowest BCUT2D eigenvalue weighted by molar-refractivity contribution is -0.142. The molecule has 2 saturated carbocycles. The molecule has 0 radical (unpaired) electrons. The number of benzene rings is 2. The number of nitrogens with zero attached hydrogens (tertiary/aromatic N) is 1. The molecule has 1 aromatic heterocycles. The maximum atomic E-state index is 13.6. The average molecular weight is 611 g/mol. The lowest BCUT2D eigenvalue weighted by Crippen LogP contribution is -2.42. The third kappa shape index (κ3) is 4.42. The van der Waals surface area contributed by atoms with Gasteiger partial charge in [-0.15, -0.1) is 11.8 Å². The Kier molecular flexibility index (Phi) is 6.75. The largest absolute Gasteiger partial charge is 0.489 e. The number of aromatic amines is 1. The van der Waals surface area contributed by atoms with Crippen molar-refractivity contribution in [3.05, 3.63) is 79.2 Å². The normalized spacial score (nSPS) is 29.4. The van der Waals surface area contributed by atoms with Crippen LogP contribution in [0, 0.1) is 29.6 Å². The number of aliphatic carboxylic acids is 1. The first-order valence-electron chi connectivity index (χ1n) is 13.7. The molecule has 2 aliphatic heterocycles. The molecule has 2 amide bonds. The molecule has 2 aromatic carbocycles. The number of thioether (sulfide) groups is 1. The number of halogens is 1. The SMILES string of the molecule is O=C(O)CCCN1C(=O)C2C3CC(C2C1=O)C1C3Sc2[nH]c(=O)sc2[C@@H]1c1ccccc1OCc1ccc(Cl)cc1. The van der Waals surface area contributed by atoms with Crippen molar-refractivity contribution in [3.63, 3.8) is 0 Å². The standard InChI is InChI=1S/C30H27ClN2O6S2/c31-15-9-7-14(8-10-15)13-39-19-5-2-1-4-16(19)21-22-17-12-18(25(22)40-27-26(21)41-30(38)32-27)24-23(17)28(36)33(29(24)37)11-3-6-20(34)35/h1-2,4-5,7-10,17-18,21-25H,3,6,11-13H2,(H,32,38)(H,34,35)/t17?,18?,21-,22?,23?,24?,25?/m1/s1. The van der Waals surface area contributed by atoms with Gasteiger partial charge in [-0.3, -0.25) is 24.1 Å². The number of carbonyl (C=O) groups is 3. The van der Waals surface area contributed by atoms with Gasteiger partial charge in [-0.1, -0.05) is 53.3 Å². The minimum atomic E-state index is -0.938. The van der Waals surface area contributed by atoms with Gasteiger partial charge in [-0.05, 0) is 54.4 Å². The molecule has 2 N–H and O–H groups in total. The van der Waals surface area contributed by atoms with Crippen molar-refractivity contribution in [3.8, 4) is 5.75 Å². The molecular formula is C30H27ClN2O6S2. The van der Waals surface area contributed by atoms with Gasteiger partial charge in [0.1, 0.15) is 12.4 Å². The zero-order valence-corrected chi connectivity index (χ0v) is 24.2. The van der Waals surface area contributed by atoms with Crippen molar-refractivity contribution in [1.82, 2.24) is 9.88 Å². The van der Waals surface area contributed by atoms with Gasteiger partial charge in [0.2, 0.25) is 11.8 Å². The molecule has 3 heterocycles. The molecule has 8 nitrogen and oxygen atoms in total. The number of likely N-dealkylation sites (tertiary alicyclic amines) is 1. The molecule has 1 saturated heterocycles. The number of imide groups is 1. The number of thiazole rings is 1. The molecule has 7 rings (SSSR count). The monoisotopic (exact) mass is 610 g/mol. The molecular weight excluding hydrogens is 584 g/mol. The maximum absolute atomic E-state index is 13.6. The number of nitrogens with one attached hydrogen (secondary N) is 1. The molecule has 11 heteroatoms. The highest BCUT2D eigenvalue weighted by Gasteiger charge is 2.69. The predicted octanol–water partition coefficient (Wildman–Crippen LogP) is 5.01. The lowest BCUT2D eigenvalue weighted by atomic mass is 9.68. The van der Waals surface area contributed by atoms with E-state index in [-0.39, 0.29) is 70.9 Å². The summed E-state index contributed by atoms with van der Waals surface area (Å²) in [5, 5.41) is 10.6. The van der Waals surface area contributed by atoms with Gasteiger partial charge in [0.05, 0.1) is 16.9 Å². The van der Waals surface area contributed by atoms with Crippen molar-refractivity contribution < 1.29 is 24.2 Å². The summed E-state index contributed by atoms with van der Waals surface area (Å²) in [6.07, 6.45) is 0.965. The highest BCUT2D eigenvalue weighted by molar-refractivity contribution is 8.00. The van der Waals surface area contributed by atoms with E-state index in [1.165, 1.54) is 16.2 Å². The van der Waals surface area contributed by atoms with Crippen LogP contribution >= 0.6 is 34.7 Å². The number of carboxylic acid groups (broad SMARTS) is 1. The Morgan fingerprint density at radius 1 is 1.05 bits per heavy atom. The number of ether oxygens (including phenoxy) is 1. The van der Waals surface area contributed by atoms with E-state index < -0.39 is 11.9 Å². The molecule has 3 fully saturated rings. The first-order valence-corrected chi connectivity index (χ1v) is 15.8. The Balaban J connectivity index is 1.23. The predicted molar refractivity (Wildman–Crippen MR) is 154 cm³/mol. The Bertz CT molecular complexity index is 1600. The Morgan fingerprint density at radius 2 is 1.78 bits per heavy atom. The van der Waals surface area contributed by atoms with Crippen LogP contribution in [0.4, 0.5) is 0 Å². The Morgan fingerprint density at radius 3 is 2.54 bits per heavy atom. The molecule has 212 valence electrons.